The average Bonchev–Trinajstić information content (AvgIpc) is 3.12. The summed E-state index contributed by atoms with van der Waals surface area (Å²) in [6, 6.07) is 13.0. The van der Waals surface area contributed by atoms with Gasteiger partial charge in [-0.1, -0.05) is 24.3 Å². The van der Waals surface area contributed by atoms with E-state index in [2.05, 4.69) is 4.72 Å². The number of rotatable bonds is 6. The number of benzene rings is 3. The summed E-state index contributed by atoms with van der Waals surface area (Å²) < 4.78 is 57.5. The van der Waals surface area contributed by atoms with Crippen LogP contribution in [0.15, 0.2) is 63.9 Å². The number of furan rings is 1. The molecule has 0 aliphatic rings. The first-order chi connectivity index (χ1) is 14.9. The molecular weight excluding hydrogens is 425 g/mol. The fourth-order valence-corrected chi connectivity index (χ4v) is 4.50. The number of sulfonamides is 1. The molecule has 7 nitrogen and oxygen atoms in total. The van der Waals surface area contributed by atoms with Gasteiger partial charge in [-0.05, 0) is 30.3 Å². The summed E-state index contributed by atoms with van der Waals surface area (Å²) in [4.78, 5) is 12.4. The van der Waals surface area contributed by atoms with Crippen LogP contribution >= 0.6 is 0 Å². The summed E-state index contributed by atoms with van der Waals surface area (Å²) in [5, 5.41) is 1.55. The third-order valence-corrected chi connectivity index (χ3v) is 6.18. The highest BCUT2D eigenvalue weighted by atomic mass is 32.2. The summed E-state index contributed by atoms with van der Waals surface area (Å²) in [5.74, 6) is -0.904. The van der Waals surface area contributed by atoms with Gasteiger partial charge in [0.2, 0.25) is 0 Å². The van der Waals surface area contributed by atoms with E-state index in [0.29, 0.717) is 21.7 Å². The quantitative estimate of drug-likeness (QED) is 0.442. The summed E-state index contributed by atoms with van der Waals surface area (Å²) in [6.45, 7) is 0.0318. The standard InChI is InChI=1S/C22H18FNO6S/c1-28-12-19-20(22(25)29-2)17-11-18(15-5-3-4-6-16(15)21(17)30-19)24-31(26,27)14-9-7-13(23)8-10-14/h3-11,24H,12H2,1-2H3. The molecule has 4 rings (SSSR count). The van der Waals surface area contributed by atoms with Crippen LogP contribution in [0.2, 0.25) is 0 Å². The van der Waals surface area contributed by atoms with Gasteiger partial charge in [-0.2, -0.15) is 0 Å². The molecule has 0 aliphatic heterocycles. The molecule has 0 saturated carbocycles. The molecule has 0 amide bonds. The largest absolute Gasteiger partial charge is 0.465 e. The number of nitrogens with one attached hydrogen (secondary N) is 1. The van der Waals surface area contributed by atoms with E-state index < -0.39 is 21.8 Å². The SMILES string of the molecule is COCc1oc2c(cc(NS(=O)(=O)c3ccc(F)cc3)c3ccccc32)c1C(=O)OC. The first-order valence-electron chi connectivity index (χ1n) is 9.18. The van der Waals surface area contributed by atoms with E-state index in [9.17, 15) is 17.6 Å². The highest BCUT2D eigenvalue weighted by molar-refractivity contribution is 7.92. The Morgan fingerprint density at radius 1 is 1.03 bits per heavy atom. The van der Waals surface area contributed by atoms with Crippen LogP contribution in [0.3, 0.4) is 0 Å². The van der Waals surface area contributed by atoms with Crippen molar-refractivity contribution >= 4 is 43.4 Å². The van der Waals surface area contributed by atoms with E-state index >= 15 is 0 Å². The molecule has 4 aromatic rings. The smallest absolute Gasteiger partial charge is 0.342 e. The summed E-state index contributed by atoms with van der Waals surface area (Å²) in [7, 11) is -1.31. The highest BCUT2D eigenvalue weighted by Crippen LogP contribution is 2.38. The minimum absolute atomic E-state index is 0.0318. The van der Waals surface area contributed by atoms with Gasteiger partial charge in [0.1, 0.15) is 29.3 Å². The van der Waals surface area contributed by atoms with E-state index in [1.165, 1.54) is 32.4 Å². The lowest BCUT2D eigenvalue weighted by atomic mass is 10.0. The number of carbonyl (C=O) groups is 1. The molecule has 9 heteroatoms. The maximum atomic E-state index is 13.2. The van der Waals surface area contributed by atoms with Crippen molar-refractivity contribution in [3.63, 3.8) is 0 Å². The first-order valence-corrected chi connectivity index (χ1v) is 10.7. The van der Waals surface area contributed by atoms with Crippen molar-refractivity contribution < 1.29 is 31.5 Å². The van der Waals surface area contributed by atoms with Gasteiger partial charge in [-0.15, -0.1) is 0 Å². The Labute approximate surface area is 177 Å². The van der Waals surface area contributed by atoms with E-state index in [1.54, 1.807) is 24.3 Å². The zero-order valence-electron chi connectivity index (χ0n) is 16.6. The van der Waals surface area contributed by atoms with Gasteiger partial charge in [-0.25, -0.2) is 17.6 Å². The van der Waals surface area contributed by atoms with Crippen LogP contribution in [0.25, 0.3) is 21.7 Å². The van der Waals surface area contributed by atoms with E-state index in [0.717, 1.165) is 12.1 Å². The van der Waals surface area contributed by atoms with Crippen molar-refractivity contribution in [1.29, 1.82) is 0 Å². The van der Waals surface area contributed by atoms with E-state index in [-0.39, 0.29) is 28.5 Å². The molecule has 1 aromatic heterocycles. The number of carbonyl (C=O) groups excluding carboxylic acids is 1. The fraction of sp³-hybridized carbons (Fsp3) is 0.136. The third kappa shape index (κ3) is 3.73. The molecule has 0 saturated heterocycles. The average molecular weight is 443 g/mol. The summed E-state index contributed by atoms with van der Waals surface area (Å²) in [6.07, 6.45) is 0. The molecule has 3 aromatic carbocycles. The Kier molecular flexibility index (Phi) is 5.38. The molecule has 0 radical (unpaired) electrons. The van der Waals surface area contributed by atoms with Gasteiger partial charge in [0, 0.05) is 23.3 Å². The third-order valence-electron chi connectivity index (χ3n) is 4.80. The molecular formula is C22H18FNO6S. The van der Waals surface area contributed by atoms with Gasteiger partial charge >= 0.3 is 5.97 Å². The Morgan fingerprint density at radius 3 is 2.35 bits per heavy atom. The number of hydrogen-bond donors (Lipinski definition) is 1. The van der Waals surface area contributed by atoms with Crippen molar-refractivity contribution in [3.05, 3.63) is 71.7 Å². The van der Waals surface area contributed by atoms with Gasteiger partial charge in [0.25, 0.3) is 10.0 Å². The zero-order valence-corrected chi connectivity index (χ0v) is 17.5. The molecule has 0 unspecified atom stereocenters. The molecule has 0 bridgehead atoms. The second kappa shape index (κ2) is 8.01. The van der Waals surface area contributed by atoms with Gasteiger partial charge in [0.05, 0.1) is 17.7 Å². The molecule has 0 atom stereocenters. The van der Waals surface area contributed by atoms with Crippen LogP contribution in [0.1, 0.15) is 16.1 Å². The summed E-state index contributed by atoms with van der Waals surface area (Å²) >= 11 is 0. The second-order valence-corrected chi connectivity index (χ2v) is 8.41. The van der Waals surface area contributed by atoms with Gasteiger partial charge in [-0.3, -0.25) is 4.72 Å². The minimum Gasteiger partial charge on any atom is -0.465 e. The van der Waals surface area contributed by atoms with Crippen LogP contribution in [-0.4, -0.2) is 28.6 Å². The lowest BCUT2D eigenvalue weighted by molar-refractivity contribution is 0.0594. The van der Waals surface area contributed by atoms with Crippen LogP contribution in [-0.2, 0) is 26.1 Å². The zero-order chi connectivity index (χ0) is 22.2. The monoisotopic (exact) mass is 443 g/mol. The van der Waals surface area contributed by atoms with Gasteiger partial charge in [0.15, 0.2) is 0 Å². The molecule has 1 heterocycles. The Hall–Kier alpha value is -3.43. The second-order valence-electron chi connectivity index (χ2n) is 6.73. The molecule has 0 fully saturated rings. The topological polar surface area (TPSA) is 94.8 Å². The number of fused-ring (bicyclic) bond motifs is 3. The molecule has 0 spiro atoms. The number of anilines is 1. The number of ether oxygens (including phenoxy) is 2. The molecule has 1 N–H and O–H groups in total. The van der Waals surface area contributed by atoms with Gasteiger partial charge < -0.3 is 13.9 Å². The van der Waals surface area contributed by atoms with Crippen molar-refractivity contribution in [2.45, 2.75) is 11.5 Å². The fourth-order valence-electron chi connectivity index (χ4n) is 3.43. The van der Waals surface area contributed by atoms with E-state index in [4.69, 9.17) is 13.9 Å². The Bertz CT molecular complexity index is 1390. The molecule has 0 aliphatic carbocycles. The number of hydrogen-bond acceptors (Lipinski definition) is 6. The lowest BCUT2D eigenvalue weighted by Crippen LogP contribution is -2.13. The predicted molar refractivity (Wildman–Crippen MR) is 113 cm³/mol. The lowest BCUT2D eigenvalue weighted by Gasteiger charge is -2.12. The first kappa shape index (κ1) is 20.8. The van der Waals surface area contributed by atoms with Crippen molar-refractivity contribution in [3.8, 4) is 0 Å². The normalized spacial score (nSPS) is 11.7. The van der Waals surface area contributed by atoms with Crippen LogP contribution in [0.5, 0.6) is 0 Å². The number of esters is 1. The highest BCUT2D eigenvalue weighted by Gasteiger charge is 2.25. The number of methoxy groups -OCH3 is 2. The Balaban J connectivity index is 1.96. The van der Waals surface area contributed by atoms with Crippen molar-refractivity contribution in [2.24, 2.45) is 0 Å². The number of halogens is 1. The van der Waals surface area contributed by atoms with Crippen LogP contribution < -0.4 is 4.72 Å². The van der Waals surface area contributed by atoms with Crippen molar-refractivity contribution in [1.82, 2.24) is 0 Å². The maximum Gasteiger partial charge on any atom is 0.342 e. The Morgan fingerprint density at radius 2 is 1.71 bits per heavy atom. The predicted octanol–water partition coefficient (Wildman–Crippen LogP) is 4.46. The summed E-state index contributed by atoms with van der Waals surface area (Å²) in [5.41, 5.74) is 0.808. The maximum absolute atomic E-state index is 13.2. The minimum atomic E-state index is -4.02. The van der Waals surface area contributed by atoms with Crippen LogP contribution in [0.4, 0.5) is 10.1 Å². The molecule has 31 heavy (non-hydrogen) atoms. The molecule has 160 valence electrons. The van der Waals surface area contributed by atoms with Crippen molar-refractivity contribution in [2.75, 3.05) is 18.9 Å². The van der Waals surface area contributed by atoms with E-state index in [1.807, 2.05) is 0 Å². The van der Waals surface area contributed by atoms with Crippen LogP contribution in [0, 0.1) is 5.82 Å².